The van der Waals surface area contributed by atoms with Crippen molar-refractivity contribution in [3.05, 3.63) is 65.2 Å². The molecule has 0 aliphatic rings. The third kappa shape index (κ3) is 7.73. The molecule has 2 aromatic rings. The molecule has 0 spiro atoms. The molecule has 4 nitrogen and oxygen atoms in total. The van der Waals surface area contributed by atoms with Crippen molar-refractivity contribution in [2.45, 2.75) is 52.0 Å². The number of ether oxygens (including phenoxy) is 2. The lowest BCUT2D eigenvalue weighted by molar-refractivity contribution is 0.136. The summed E-state index contributed by atoms with van der Waals surface area (Å²) in [5, 5.41) is 2.80. The molecule has 0 atom stereocenters. The van der Waals surface area contributed by atoms with Gasteiger partial charge in [-0.25, -0.2) is 4.79 Å². The van der Waals surface area contributed by atoms with Gasteiger partial charge in [-0.2, -0.15) is 0 Å². The first-order valence-corrected chi connectivity index (χ1v) is 9.52. The van der Waals surface area contributed by atoms with Crippen LogP contribution in [-0.2, 0) is 24.0 Å². The molecule has 0 heterocycles. The fourth-order valence-corrected chi connectivity index (χ4v) is 2.91. The van der Waals surface area contributed by atoms with Crippen LogP contribution in [0.3, 0.4) is 0 Å². The van der Waals surface area contributed by atoms with E-state index in [-0.39, 0.29) is 11.6 Å². The number of aryl methyl sites for hydroxylation is 3. The Morgan fingerprint density at radius 2 is 1.67 bits per heavy atom. The van der Waals surface area contributed by atoms with Crippen molar-refractivity contribution < 1.29 is 14.3 Å². The molecule has 0 aromatic heterocycles. The molecule has 0 radical (unpaired) electrons. The number of carbonyl (C=O) groups is 1. The fourth-order valence-electron chi connectivity index (χ4n) is 2.91. The van der Waals surface area contributed by atoms with Gasteiger partial charge in [-0.05, 0) is 69.2 Å². The molecule has 0 saturated carbocycles. The first-order valence-electron chi connectivity index (χ1n) is 9.52. The monoisotopic (exact) mass is 369 g/mol. The smallest absolute Gasteiger partial charge is 0.407 e. The molecule has 2 aromatic carbocycles. The van der Waals surface area contributed by atoms with E-state index in [1.54, 1.807) is 7.11 Å². The van der Waals surface area contributed by atoms with Gasteiger partial charge in [0.15, 0.2) is 0 Å². The van der Waals surface area contributed by atoms with Crippen molar-refractivity contribution in [2.75, 3.05) is 13.7 Å². The minimum Gasteiger partial charge on any atom is -0.496 e. The number of rotatable bonds is 8. The molecular formula is C23H31NO3. The van der Waals surface area contributed by atoms with Gasteiger partial charge in [0.25, 0.3) is 0 Å². The largest absolute Gasteiger partial charge is 0.496 e. The summed E-state index contributed by atoms with van der Waals surface area (Å²) in [5.41, 5.74) is 3.54. The second-order valence-electron chi connectivity index (χ2n) is 7.75. The Balaban J connectivity index is 1.79. The Kier molecular flexibility index (Phi) is 7.71. The zero-order valence-corrected chi connectivity index (χ0v) is 16.9. The Morgan fingerprint density at radius 1 is 0.963 bits per heavy atom. The maximum atomic E-state index is 11.7. The van der Waals surface area contributed by atoms with E-state index in [0.717, 1.165) is 31.4 Å². The first kappa shape index (κ1) is 20.8. The topological polar surface area (TPSA) is 47.6 Å². The SMILES string of the molecule is COc1ccccc1CCc1cccc(CCCOC(=O)NC(C)(C)C)c1. The summed E-state index contributed by atoms with van der Waals surface area (Å²) in [6, 6.07) is 16.8. The van der Waals surface area contributed by atoms with Crippen LogP contribution >= 0.6 is 0 Å². The summed E-state index contributed by atoms with van der Waals surface area (Å²) in [7, 11) is 1.71. The van der Waals surface area contributed by atoms with E-state index in [1.165, 1.54) is 16.7 Å². The fraction of sp³-hybridized carbons (Fsp3) is 0.435. The van der Waals surface area contributed by atoms with E-state index in [4.69, 9.17) is 9.47 Å². The third-order valence-corrected chi connectivity index (χ3v) is 4.19. The van der Waals surface area contributed by atoms with Crippen LogP contribution in [-0.4, -0.2) is 25.3 Å². The van der Waals surface area contributed by atoms with E-state index < -0.39 is 0 Å². The standard InChI is InChI=1S/C23H31NO3/c1-23(2,3)24-22(25)27-16-8-11-18-9-7-10-19(17-18)14-15-20-12-5-6-13-21(20)26-4/h5-7,9-10,12-13,17H,8,11,14-16H2,1-4H3,(H,24,25). The number of nitrogens with one attached hydrogen (secondary N) is 1. The minimum absolute atomic E-state index is 0.271. The molecule has 1 N–H and O–H groups in total. The van der Waals surface area contributed by atoms with Gasteiger partial charge >= 0.3 is 6.09 Å². The van der Waals surface area contributed by atoms with Gasteiger partial charge in [-0.15, -0.1) is 0 Å². The third-order valence-electron chi connectivity index (χ3n) is 4.19. The van der Waals surface area contributed by atoms with Crippen LogP contribution in [0.4, 0.5) is 4.79 Å². The first-order chi connectivity index (χ1) is 12.9. The second-order valence-corrected chi connectivity index (χ2v) is 7.75. The molecular weight excluding hydrogens is 338 g/mol. The highest BCUT2D eigenvalue weighted by molar-refractivity contribution is 5.68. The molecule has 2 rings (SSSR count). The average molecular weight is 370 g/mol. The number of alkyl carbamates (subject to hydrolysis) is 1. The molecule has 27 heavy (non-hydrogen) atoms. The molecule has 146 valence electrons. The number of amides is 1. The molecule has 4 heteroatoms. The minimum atomic E-state index is -0.354. The van der Waals surface area contributed by atoms with Gasteiger partial charge in [0.2, 0.25) is 0 Å². The van der Waals surface area contributed by atoms with Crippen LogP contribution < -0.4 is 10.1 Å². The predicted octanol–water partition coefficient (Wildman–Crippen LogP) is 4.94. The second kappa shape index (κ2) is 10.0. The molecule has 0 aliphatic heterocycles. The normalized spacial score (nSPS) is 11.1. The summed E-state index contributed by atoms with van der Waals surface area (Å²) >= 11 is 0. The van der Waals surface area contributed by atoms with Crippen molar-refractivity contribution in [2.24, 2.45) is 0 Å². The zero-order valence-electron chi connectivity index (χ0n) is 16.9. The molecule has 0 unspecified atom stereocenters. The number of hydrogen-bond acceptors (Lipinski definition) is 3. The van der Waals surface area contributed by atoms with Crippen LogP contribution in [0, 0.1) is 0 Å². The predicted molar refractivity (Wildman–Crippen MR) is 109 cm³/mol. The Hall–Kier alpha value is -2.49. The quantitative estimate of drug-likeness (QED) is 0.671. The van der Waals surface area contributed by atoms with E-state index >= 15 is 0 Å². The van der Waals surface area contributed by atoms with E-state index in [2.05, 4.69) is 35.6 Å². The van der Waals surface area contributed by atoms with Gasteiger partial charge < -0.3 is 14.8 Å². The van der Waals surface area contributed by atoms with Crippen LogP contribution in [0.15, 0.2) is 48.5 Å². The number of methoxy groups -OCH3 is 1. The van der Waals surface area contributed by atoms with Crippen molar-refractivity contribution in [3.63, 3.8) is 0 Å². The Morgan fingerprint density at radius 3 is 2.37 bits per heavy atom. The zero-order chi connectivity index (χ0) is 19.7. The van der Waals surface area contributed by atoms with Crippen molar-refractivity contribution in [3.8, 4) is 5.75 Å². The van der Waals surface area contributed by atoms with Crippen molar-refractivity contribution >= 4 is 6.09 Å². The van der Waals surface area contributed by atoms with Crippen molar-refractivity contribution in [1.29, 1.82) is 0 Å². The number of hydrogen-bond donors (Lipinski definition) is 1. The summed E-state index contributed by atoms with van der Waals surface area (Å²) in [6.45, 7) is 6.23. The summed E-state index contributed by atoms with van der Waals surface area (Å²) in [4.78, 5) is 11.7. The number of para-hydroxylation sites is 1. The average Bonchev–Trinajstić information content (AvgIpc) is 2.63. The van der Waals surface area contributed by atoms with Crippen LogP contribution in [0.25, 0.3) is 0 Å². The van der Waals surface area contributed by atoms with Crippen LogP contribution in [0.5, 0.6) is 5.75 Å². The molecule has 0 aliphatic carbocycles. The molecule has 0 saturated heterocycles. The highest BCUT2D eigenvalue weighted by Crippen LogP contribution is 2.20. The summed E-state index contributed by atoms with van der Waals surface area (Å²) in [6.07, 6.45) is 3.27. The highest BCUT2D eigenvalue weighted by Gasteiger charge is 2.14. The number of carbonyl (C=O) groups excluding carboxylic acids is 1. The molecule has 0 bridgehead atoms. The maximum Gasteiger partial charge on any atom is 0.407 e. The van der Waals surface area contributed by atoms with Gasteiger partial charge in [0.1, 0.15) is 5.75 Å². The Labute approximate surface area is 162 Å². The lowest BCUT2D eigenvalue weighted by Gasteiger charge is -2.19. The van der Waals surface area contributed by atoms with Crippen LogP contribution in [0.2, 0.25) is 0 Å². The van der Waals surface area contributed by atoms with E-state index in [9.17, 15) is 4.79 Å². The van der Waals surface area contributed by atoms with Gasteiger partial charge in [-0.3, -0.25) is 0 Å². The summed E-state index contributed by atoms with van der Waals surface area (Å²) < 4.78 is 10.7. The molecule has 0 fully saturated rings. The van der Waals surface area contributed by atoms with Crippen LogP contribution in [0.1, 0.15) is 43.9 Å². The molecule has 1 amide bonds. The maximum absolute atomic E-state index is 11.7. The summed E-state index contributed by atoms with van der Waals surface area (Å²) in [5.74, 6) is 0.944. The van der Waals surface area contributed by atoms with Crippen molar-refractivity contribution in [1.82, 2.24) is 5.32 Å². The number of benzene rings is 2. The van der Waals surface area contributed by atoms with Gasteiger partial charge in [0, 0.05) is 5.54 Å². The Bertz CT molecular complexity index is 734. The van der Waals surface area contributed by atoms with E-state index in [0.29, 0.717) is 6.61 Å². The van der Waals surface area contributed by atoms with Gasteiger partial charge in [0.05, 0.1) is 13.7 Å². The lowest BCUT2D eigenvalue weighted by Crippen LogP contribution is -2.41. The lowest BCUT2D eigenvalue weighted by atomic mass is 10.0. The van der Waals surface area contributed by atoms with Gasteiger partial charge in [-0.1, -0.05) is 42.5 Å². The highest BCUT2D eigenvalue weighted by atomic mass is 16.5. The van der Waals surface area contributed by atoms with E-state index in [1.807, 2.05) is 39.0 Å².